The number of primary amides is 1. The van der Waals surface area contributed by atoms with Gasteiger partial charge < -0.3 is 11.5 Å². The quantitative estimate of drug-likeness (QED) is 0.738. The Morgan fingerprint density at radius 2 is 1.71 bits per heavy atom. The zero-order valence-electron chi connectivity index (χ0n) is 10.7. The van der Waals surface area contributed by atoms with Crippen LogP contribution >= 0.6 is 0 Å². The number of carbonyl (C=O) groups excluding carboxylic acids is 1. The van der Waals surface area contributed by atoms with Crippen molar-refractivity contribution in [3.8, 4) is 0 Å². The van der Waals surface area contributed by atoms with Gasteiger partial charge in [0.2, 0.25) is 5.91 Å². The fourth-order valence-electron chi connectivity index (χ4n) is 1.66. The molecule has 6 nitrogen and oxygen atoms in total. The predicted octanol–water partition coefficient (Wildman–Crippen LogP) is 1.31. The molecule has 0 aliphatic carbocycles. The Bertz CT molecular complexity index is 789. The van der Waals surface area contributed by atoms with Gasteiger partial charge in [-0.1, -0.05) is 6.07 Å². The number of benzene rings is 2. The Morgan fingerprint density at radius 3 is 2.29 bits per heavy atom. The SMILES string of the molecule is NC(=O)c1ccc(NS(=O)(=O)c2cccc(F)c2N)cc1. The Kier molecular flexibility index (Phi) is 3.81. The molecule has 1 amide bonds. The van der Waals surface area contributed by atoms with E-state index in [4.69, 9.17) is 11.5 Å². The van der Waals surface area contributed by atoms with Crippen LogP contribution in [0.1, 0.15) is 10.4 Å². The first-order valence-corrected chi connectivity index (χ1v) is 7.26. The van der Waals surface area contributed by atoms with E-state index in [1.54, 1.807) is 0 Å². The molecule has 0 aromatic heterocycles. The summed E-state index contributed by atoms with van der Waals surface area (Å²) in [5.41, 5.74) is 10.5. The highest BCUT2D eigenvalue weighted by molar-refractivity contribution is 7.92. The number of amides is 1. The normalized spacial score (nSPS) is 11.1. The molecule has 0 aliphatic rings. The highest BCUT2D eigenvalue weighted by Crippen LogP contribution is 2.23. The number of para-hydroxylation sites is 1. The van der Waals surface area contributed by atoms with Crippen LogP contribution in [0.3, 0.4) is 0 Å². The lowest BCUT2D eigenvalue weighted by molar-refractivity contribution is 0.100. The molecule has 8 heteroatoms. The van der Waals surface area contributed by atoms with Crippen molar-refractivity contribution < 1.29 is 17.6 Å². The van der Waals surface area contributed by atoms with E-state index in [2.05, 4.69) is 4.72 Å². The summed E-state index contributed by atoms with van der Waals surface area (Å²) in [6, 6.07) is 8.98. The zero-order valence-corrected chi connectivity index (χ0v) is 11.5. The summed E-state index contributed by atoms with van der Waals surface area (Å²) in [7, 11) is -4.03. The molecular formula is C13H12FN3O3S. The highest BCUT2D eigenvalue weighted by atomic mass is 32.2. The third-order valence-corrected chi connectivity index (χ3v) is 4.16. The van der Waals surface area contributed by atoms with Crippen LogP contribution in [0.25, 0.3) is 0 Å². The number of carbonyl (C=O) groups is 1. The maximum atomic E-state index is 13.3. The van der Waals surface area contributed by atoms with E-state index in [1.807, 2.05) is 0 Å². The van der Waals surface area contributed by atoms with E-state index in [0.29, 0.717) is 0 Å². The molecule has 0 heterocycles. The second-order valence-electron chi connectivity index (χ2n) is 4.20. The van der Waals surface area contributed by atoms with E-state index >= 15 is 0 Å². The first-order valence-electron chi connectivity index (χ1n) is 5.78. The number of hydrogen-bond acceptors (Lipinski definition) is 4. The van der Waals surface area contributed by atoms with Gasteiger partial charge >= 0.3 is 0 Å². The predicted molar refractivity (Wildman–Crippen MR) is 76.6 cm³/mol. The van der Waals surface area contributed by atoms with Crippen LogP contribution in [0.15, 0.2) is 47.4 Å². The summed E-state index contributed by atoms with van der Waals surface area (Å²) in [4.78, 5) is 10.6. The van der Waals surface area contributed by atoms with Gasteiger partial charge in [0.1, 0.15) is 10.7 Å². The van der Waals surface area contributed by atoms with E-state index in [-0.39, 0.29) is 16.1 Å². The van der Waals surface area contributed by atoms with Crippen LogP contribution in [0, 0.1) is 5.82 Å². The topological polar surface area (TPSA) is 115 Å². The molecule has 110 valence electrons. The molecule has 2 rings (SSSR count). The fraction of sp³-hybridized carbons (Fsp3) is 0. The van der Waals surface area contributed by atoms with Gasteiger partial charge in [-0.25, -0.2) is 12.8 Å². The van der Waals surface area contributed by atoms with Crippen molar-refractivity contribution in [2.24, 2.45) is 5.73 Å². The fourth-order valence-corrected chi connectivity index (χ4v) is 2.87. The summed E-state index contributed by atoms with van der Waals surface area (Å²) in [6.07, 6.45) is 0. The molecule has 5 N–H and O–H groups in total. The number of nitrogens with one attached hydrogen (secondary N) is 1. The Labute approximate surface area is 120 Å². The van der Waals surface area contributed by atoms with Crippen LogP contribution in [-0.2, 0) is 10.0 Å². The first-order chi connectivity index (χ1) is 9.81. The number of sulfonamides is 1. The van der Waals surface area contributed by atoms with Gasteiger partial charge in [-0.15, -0.1) is 0 Å². The number of halogens is 1. The van der Waals surface area contributed by atoms with Crippen molar-refractivity contribution in [3.05, 3.63) is 53.8 Å². The van der Waals surface area contributed by atoms with Gasteiger partial charge in [-0.05, 0) is 36.4 Å². The molecule has 0 saturated carbocycles. The summed E-state index contributed by atoms with van der Waals surface area (Å²) in [5, 5.41) is 0. The Balaban J connectivity index is 2.33. The average Bonchev–Trinajstić information content (AvgIpc) is 2.41. The number of nitrogen functional groups attached to an aromatic ring is 1. The van der Waals surface area contributed by atoms with E-state index in [1.165, 1.54) is 36.4 Å². The molecule has 2 aromatic carbocycles. The van der Waals surface area contributed by atoms with Gasteiger partial charge in [0, 0.05) is 11.3 Å². The molecule has 2 aromatic rings. The minimum Gasteiger partial charge on any atom is -0.395 e. The van der Waals surface area contributed by atoms with E-state index < -0.39 is 27.4 Å². The van der Waals surface area contributed by atoms with Crippen LogP contribution < -0.4 is 16.2 Å². The van der Waals surface area contributed by atoms with Crippen LogP contribution in [-0.4, -0.2) is 14.3 Å². The molecular weight excluding hydrogens is 297 g/mol. The number of anilines is 2. The molecule has 0 unspecified atom stereocenters. The van der Waals surface area contributed by atoms with Crippen LogP contribution in [0.4, 0.5) is 15.8 Å². The highest BCUT2D eigenvalue weighted by Gasteiger charge is 2.19. The van der Waals surface area contributed by atoms with Crippen LogP contribution in [0.2, 0.25) is 0 Å². The minimum atomic E-state index is -4.03. The van der Waals surface area contributed by atoms with Crippen molar-refractivity contribution >= 4 is 27.3 Å². The second-order valence-corrected chi connectivity index (χ2v) is 5.85. The first kappa shape index (κ1) is 14.8. The third-order valence-electron chi connectivity index (χ3n) is 2.72. The number of hydrogen-bond donors (Lipinski definition) is 3. The number of rotatable bonds is 4. The lowest BCUT2D eigenvalue weighted by Crippen LogP contribution is -2.16. The van der Waals surface area contributed by atoms with E-state index in [0.717, 1.165) is 6.07 Å². The standard InChI is InChI=1S/C13H12FN3O3S/c14-10-2-1-3-11(12(10)15)21(19,20)17-9-6-4-8(5-7-9)13(16)18/h1-7,17H,15H2,(H2,16,18). The van der Waals surface area contributed by atoms with Crippen molar-refractivity contribution in [1.29, 1.82) is 0 Å². The lowest BCUT2D eigenvalue weighted by atomic mass is 10.2. The minimum absolute atomic E-state index is 0.198. The largest absolute Gasteiger partial charge is 0.395 e. The molecule has 21 heavy (non-hydrogen) atoms. The summed E-state index contributed by atoms with van der Waals surface area (Å²) in [5.74, 6) is -1.44. The molecule has 0 aliphatic heterocycles. The maximum absolute atomic E-state index is 13.3. The van der Waals surface area contributed by atoms with Crippen LogP contribution in [0.5, 0.6) is 0 Å². The van der Waals surface area contributed by atoms with Gasteiger partial charge in [0.25, 0.3) is 10.0 Å². The summed E-state index contributed by atoms with van der Waals surface area (Å²) in [6.45, 7) is 0. The van der Waals surface area contributed by atoms with Crippen molar-refractivity contribution in [2.75, 3.05) is 10.5 Å². The molecule has 0 fully saturated rings. The van der Waals surface area contributed by atoms with Crippen molar-refractivity contribution in [3.63, 3.8) is 0 Å². The molecule has 0 bridgehead atoms. The van der Waals surface area contributed by atoms with Gasteiger partial charge in [-0.2, -0.15) is 0 Å². The number of nitrogens with two attached hydrogens (primary N) is 2. The maximum Gasteiger partial charge on any atom is 0.264 e. The van der Waals surface area contributed by atoms with Gasteiger partial charge in [0.15, 0.2) is 0 Å². The van der Waals surface area contributed by atoms with Crippen molar-refractivity contribution in [2.45, 2.75) is 4.90 Å². The van der Waals surface area contributed by atoms with Gasteiger partial charge in [0.05, 0.1) is 5.69 Å². The average molecular weight is 309 g/mol. The Hall–Kier alpha value is -2.61. The molecule has 0 atom stereocenters. The Morgan fingerprint density at radius 1 is 1.10 bits per heavy atom. The molecule has 0 spiro atoms. The lowest BCUT2D eigenvalue weighted by Gasteiger charge is -2.10. The molecule has 0 saturated heterocycles. The van der Waals surface area contributed by atoms with Crippen molar-refractivity contribution in [1.82, 2.24) is 0 Å². The second kappa shape index (κ2) is 5.41. The monoisotopic (exact) mass is 309 g/mol. The third kappa shape index (κ3) is 3.11. The summed E-state index contributed by atoms with van der Waals surface area (Å²) >= 11 is 0. The molecule has 0 radical (unpaired) electrons. The zero-order chi connectivity index (χ0) is 15.6. The van der Waals surface area contributed by atoms with Gasteiger partial charge in [-0.3, -0.25) is 9.52 Å². The smallest absolute Gasteiger partial charge is 0.264 e. The van der Waals surface area contributed by atoms with E-state index in [9.17, 15) is 17.6 Å². The summed E-state index contributed by atoms with van der Waals surface area (Å²) < 4.78 is 39.9.